The number of carbonyl (C=O) groups is 1. The van der Waals surface area contributed by atoms with E-state index in [1.165, 1.54) is 11.3 Å². The molecule has 1 aliphatic rings. The number of nitrogens with one attached hydrogen (secondary N) is 1. The molecule has 1 N–H and O–H groups in total. The molecule has 1 aromatic rings. The van der Waals surface area contributed by atoms with Crippen molar-refractivity contribution in [3.8, 4) is 0 Å². The highest BCUT2D eigenvalue weighted by molar-refractivity contribution is 7.12. The molecule has 0 saturated carbocycles. The lowest BCUT2D eigenvalue weighted by Crippen LogP contribution is -2.47. The summed E-state index contributed by atoms with van der Waals surface area (Å²) in [6.45, 7) is 5.82. The first-order valence-electron chi connectivity index (χ1n) is 6.15. The van der Waals surface area contributed by atoms with E-state index in [0.717, 1.165) is 30.0 Å². The van der Waals surface area contributed by atoms with Crippen molar-refractivity contribution >= 4 is 17.2 Å². The van der Waals surface area contributed by atoms with E-state index in [4.69, 9.17) is 0 Å². The van der Waals surface area contributed by atoms with Crippen molar-refractivity contribution in [1.29, 1.82) is 0 Å². The lowest BCUT2D eigenvalue weighted by atomic mass is 10.0. The maximum Gasteiger partial charge on any atom is 0.255 e. The Morgan fingerprint density at radius 2 is 2.29 bits per heavy atom. The van der Waals surface area contributed by atoms with Gasteiger partial charge in [0.1, 0.15) is 0 Å². The number of rotatable bonds is 2. The number of aryl methyl sites for hydroxylation is 2. The predicted molar refractivity (Wildman–Crippen MR) is 71.8 cm³/mol. The fraction of sp³-hybridized carbons (Fsp3) is 0.615. The van der Waals surface area contributed by atoms with E-state index < -0.39 is 0 Å². The molecule has 0 aromatic carbocycles. The number of amides is 1. The second kappa shape index (κ2) is 5.19. The summed E-state index contributed by atoms with van der Waals surface area (Å²) in [6, 6.07) is 2.47. The monoisotopic (exact) mass is 252 g/mol. The minimum absolute atomic E-state index is 0.201. The molecule has 2 heterocycles. The molecule has 1 amide bonds. The maximum atomic E-state index is 12.4. The molecule has 1 saturated heterocycles. The van der Waals surface area contributed by atoms with Gasteiger partial charge in [0.15, 0.2) is 0 Å². The van der Waals surface area contributed by atoms with Crippen LogP contribution in [0, 0.1) is 13.8 Å². The summed E-state index contributed by atoms with van der Waals surface area (Å²) in [7, 11) is 1.97. The van der Waals surface area contributed by atoms with Crippen molar-refractivity contribution < 1.29 is 4.79 Å². The number of hydrogen-bond donors (Lipinski definition) is 1. The molecule has 0 spiro atoms. The molecular formula is C13H20N2OS. The average molecular weight is 252 g/mol. The van der Waals surface area contributed by atoms with Gasteiger partial charge in [-0.2, -0.15) is 0 Å². The second-order valence-corrected chi connectivity index (χ2v) is 6.17. The van der Waals surface area contributed by atoms with Gasteiger partial charge in [-0.1, -0.05) is 0 Å². The third-order valence-electron chi connectivity index (χ3n) is 3.39. The van der Waals surface area contributed by atoms with Crippen LogP contribution in [0.5, 0.6) is 0 Å². The first-order chi connectivity index (χ1) is 8.11. The number of hydrogen-bond acceptors (Lipinski definition) is 3. The zero-order valence-corrected chi connectivity index (χ0v) is 11.6. The van der Waals surface area contributed by atoms with Gasteiger partial charge < -0.3 is 10.2 Å². The van der Waals surface area contributed by atoms with E-state index in [1.54, 1.807) is 11.3 Å². The van der Waals surface area contributed by atoms with E-state index in [-0.39, 0.29) is 5.91 Å². The van der Waals surface area contributed by atoms with Crippen molar-refractivity contribution in [2.24, 2.45) is 0 Å². The van der Waals surface area contributed by atoms with Crippen LogP contribution in [0.25, 0.3) is 0 Å². The summed E-state index contributed by atoms with van der Waals surface area (Å²) in [5, 5.41) is 3.27. The van der Waals surface area contributed by atoms with Crippen LogP contribution in [0.4, 0.5) is 0 Å². The smallest absolute Gasteiger partial charge is 0.255 e. The van der Waals surface area contributed by atoms with Gasteiger partial charge in [-0.25, -0.2) is 0 Å². The normalized spacial score (nSPS) is 20.6. The zero-order valence-electron chi connectivity index (χ0n) is 10.7. The highest BCUT2D eigenvalue weighted by Gasteiger charge is 2.25. The van der Waals surface area contributed by atoms with E-state index in [0.29, 0.717) is 6.04 Å². The van der Waals surface area contributed by atoms with Crippen molar-refractivity contribution in [3.63, 3.8) is 0 Å². The molecule has 4 heteroatoms. The number of piperidine rings is 1. The predicted octanol–water partition coefficient (Wildman–Crippen LogP) is 2.19. The van der Waals surface area contributed by atoms with E-state index in [1.807, 2.05) is 24.9 Å². The summed E-state index contributed by atoms with van der Waals surface area (Å²) < 4.78 is 0. The number of thiophene rings is 1. The molecule has 1 aliphatic heterocycles. The van der Waals surface area contributed by atoms with Crippen LogP contribution >= 0.6 is 11.3 Å². The van der Waals surface area contributed by atoms with Gasteiger partial charge in [-0.15, -0.1) is 11.3 Å². The van der Waals surface area contributed by atoms with Gasteiger partial charge in [0.05, 0.1) is 5.56 Å². The summed E-state index contributed by atoms with van der Waals surface area (Å²) in [5.41, 5.74) is 0.893. The average Bonchev–Trinajstić information content (AvgIpc) is 2.67. The first kappa shape index (κ1) is 12.6. The van der Waals surface area contributed by atoms with Gasteiger partial charge in [0.2, 0.25) is 0 Å². The number of likely N-dealkylation sites (N-methyl/N-ethyl adjacent to an activating group) is 1. The van der Waals surface area contributed by atoms with Crippen LogP contribution in [0.2, 0.25) is 0 Å². The molecule has 0 aliphatic carbocycles. The molecule has 3 nitrogen and oxygen atoms in total. The quantitative estimate of drug-likeness (QED) is 0.875. The fourth-order valence-corrected chi connectivity index (χ4v) is 3.33. The van der Waals surface area contributed by atoms with Crippen LogP contribution in [0.1, 0.15) is 33.0 Å². The first-order valence-corrected chi connectivity index (χ1v) is 6.97. The zero-order chi connectivity index (χ0) is 12.4. The van der Waals surface area contributed by atoms with E-state index in [2.05, 4.69) is 12.2 Å². The molecule has 0 radical (unpaired) electrons. The van der Waals surface area contributed by atoms with E-state index in [9.17, 15) is 4.79 Å². The van der Waals surface area contributed by atoms with Crippen molar-refractivity contribution in [3.05, 3.63) is 21.4 Å². The van der Waals surface area contributed by atoms with Crippen LogP contribution in [-0.4, -0.2) is 37.0 Å². The SMILES string of the molecule is CNC1CCCN(C(=O)c2cc(C)sc2C)C1. The third kappa shape index (κ3) is 2.69. The Hall–Kier alpha value is -0.870. The highest BCUT2D eigenvalue weighted by Crippen LogP contribution is 2.23. The molecule has 94 valence electrons. The summed E-state index contributed by atoms with van der Waals surface area (Å²) in [4.78, 5) is 16.7. The van der Waals surface area contributed by atoms with Gasteiger partial charge in [0.25, 0.3) is 5.91 Å². The molecule has 1 atom stereocenters. The van der Waals surface area contributed by atoms with Crippen LogP contribution in [0.3, 0.4) is 0 Å². The van der Waals surface area contributed by atoms with Crippen molar-refractivity contribution in [2.75, 3.05) is 20.1 Å². The summed E-state index contributed by atoms with van der Waals surface area (Å²) in [6.07, 6.45) is 2.27. The number of carbonyl (C=O) groups excluding carboxylic acids is 1. The van der Waals surface area contributed by atoms with Gasteiger partial charge >= 0.3 is 0 Å². The molecule has 1 unspecified atom stereocenters. The van der Waals surface area contributed by atoms with Gasteiger partial charge in [-0.05, 0) is 39.8 Å². The van der Waals surface area contributed by atoms with Crippen LogP contribution < -0.4 is 5.32 Å². The van der Waals surface area contributed by atoms with Crippen molar-refractivity contribution in [1.82, 2.24) is 10.2 Å². The molecule has 17 heavy (non-hydrogen) atoms. The molecule has 2 rings (SSSR count). The van der Waals surface area contributed by atoms with Crippen molar-refractivity contribution in [2.45, 2.75) is 32.7 Å². The minimum Gasteiger partial charge on any atom is -0.337 e. The maximum absolute atomic E-state index is 12.4. The van der Waals surface area contributed by atoms with Gasteiger partial charge in [-0.3, -0.25) is 4.79 Å². The number of nitrogens with zero attached hydrogens (tertiary/aromatic N) is 1. The lowest BCUT2D eigenvalue weighted by molar-refractivity contribution is 0.0698. The molecule has 1 aromatic heterocycles. The summed E-state index contributed by atoms with van der Waals surface area (Å²) >= 11 is 1.70. The Morgan fingerprint density at radius 3 is 2.88 bits per heavy atom. The standard InChI is InChI=1S/C13H20N2OS/c1-9-7-12(10(2)17-9)13(16)15-6-4-5-11(8-15)14-3/h7,11,14H,4-6,8H2,1-3H3. The topological polar surface area (TPSA) is 32.3 Å². The minimum atomic E-state index is 0.201. The fourth-order valence-electron chi connectivity index (χ4n) is 2.41. The second-order valence-electron chi connectivity index (χ2n) is 4.71. The number of likely N-dealkylation sites (tertiary alicyclic amines) is 1. The van der Waals surface area contributed by atoms with E-state index >= 15 is 0 Å². The summed E-state index contributed by atoms with van der Waals surface area (Å²) in [5.74, 6) is 0.201. The molecule has 1 fully saturated rings. The lowest BCUT2D eigenvalue weighted by Gasteiger charge is -2.32. The Morgan fingerprint density at radius 1 is 1.53 bits per heavy atom. The molecular weight excluding hydrogens is 232 g/mol. The van der Waals surface area contributed by atoms with Gasteiger partial charge in [0, 0.05) is 28.9 Å². The highest BCUT2D eigenvalue weighted by atomic mass is 32.1. The Labute approximate surface area is 107 Å². The Kier molecular flexibility index (Phi) is 3.84. The Balaban J connectivity index is 2.12. The van der Waals surface area contributed by atoms with Crippen LogP contribution in [-0.2, 0) is 0 Å². The largest absolute Gasteiger partial charge is 0.337 e. The third-order valence-corrected chi connectivity index (χ3v) is 4.35. The molecule has 0 bridgehead atoms. The van der Waals surface area contributed by atoms with Crippen LogP contribution in [0.15, 0.2) is 6.07 Å². The Bertz CT molecular complexity index is 414.